The Labute approximate surface area is 101 Å². The number of rotatable bonds is 5. The monoisotopic (exact) mass is 233 g/mol. The van der Waals surface area contributed by atoms with Gasteiger partial charge in [-0.05, 0) is 24.8 Å². The predicted octanol–water partition coefficient (Wildman–Crippen LogP) is 3.63. The third-order valence-corrected chi connectivity index (χ3v) is 2.91. The summed E-state index contributed by atoms with van der Waals surface area (Å²) in [5.74, 6) is 1.62. The van der Waals surface area contributed by atoms with Crippen LogP contribution in [0.1, 0.15) is 19.4 Å². The molecule has 2 nitrogen and oxygen atoms in total. The molecule has 0 saturated carbocycles. The lowest BCUT2D eigenvalue weighted by Crippen LogP contribution is -1.96. The van der Waals surface area contributed by atoms with Crippen LogP contribution in [-0.2, 0) is 0 Å². The minimum absolute atomic E-state index is 0.505. The minimum Gasteiger partial charge on any atom is -0.488 e. The summed E-state index contributed by atoms with van der Waals surface area (Å²) < 4.78 is 5.53. The molecule has 0 heterocycles. The van der Waals surface area contributed by atoms with Crippen LogP contribution in [-0.4, -0.2) is 12.4 Å². The van der Waals surface area contributed by atoms with Gasteiger partial charge in [0.05, 0.1) is 0 Å². The van der Waals surface area contributed by atoms with Gasteiger partial charge in [0.1, 0.15) is 24.0 Å². The van der Waals surface area contributed by atoms with E-state index in [1.807, 2.05) is 37.3 Å². The van der Waals surface area contributed by atoms with Gasteiger partial charge < -0.3 is 4.74 Å². The summed E-state index contributed by atoms with van der Waals surface area (Å²) in [6, 6.07) is 7.92. The molecule has 1 aromatic rings. The van der Waals surface area contributed by atoms with Gasteiger partial charge in [-0.15, -0.1) is 11.8 Å². The van der Waals surface area contributed by atoms with Gasteiger partial charge in [0.25, 0.3) is 0 Å². The Balaban J connectivity index is 2.91. The molecule has 3 heteroatoms. The van der Waals surface area contributed by atoms with Crippen LogP contribution in [0.5, 0.6) is 5.75 Å². The normalized spacial score (nSPS) is 10.3. The zero-order valence-corrected chi connectivity index (χ0v) is 10.4. The fourth-order valence-electron chi connectivity index (χ4n) is 1.25. The van der Waals surface area contributed by atoms with E-state index in [0.29, 0.717) is 17.9 Å². The van der Waals surface area contributed by atoms with Gasteiger partial charge in [-0.1, -0.05) is 25.1 Å². The second kappa shape index (κ2) is 6.97. The van der Waals surface area contributed by atoms with Crippen molar-refractivity contribution in [1.82, 2.24) is 0 Å². The first-order valence-electron chi connectivity index (χ1n) is 5.23. The van der Waals surface area contributed by atoms with Crippen LogP contribution in [0.2, 0.25) is 0 Å². The van der Waals surface area contributed by atoms with Gasteiger partial charge >= 0.3 is 0 Å². The average molecular weight is 233 g/mol. The SMILES string of the molecule is C/C=C/COc1cccc(SCC)c1C#N. The lowest BCUT2D eigenvalue weighted by atomic mass is 10.2. The van der Waals surface area contributed by atoms with Gasteiger partial charge in [0, 0.05) is 4.90 Å². The van der Waals surface area contributed by atoms with Gasteiger partial charge in [0.2, 0.25) is 0 Å². The number of thioether (sulfide) groups is 1. The summed E-state index contributed by atoms with van der Waals surface area (Å²) in [4.78, 5) is 0.989. The van der Waals surface area contributed by atoms with E-state index in [9.17, 15) is 0 Å². The maximum Gasteiger partial charge on any atom is 0.138 e. The highest BCUT2D eigenvalue weighted by Gasteiger charge is 2.08. The molecular formula is C13H15NOS. The molecule has 0 unspecified atom stereocenters. The molecule has 16 heavy (non-hydrogen) atoms. The van der Waals surface area contributed by atoms with Crippen molar-refractivity contribution in [3.05, 3.63) is 35.9 Å². The summed E-state index contributed by atoms with van der Waals surface area (Å²) in [6.07, 6.45) is 3.84. The second-order valence-corrected chi connectivity index (χ2v) is 4.36. The van der Waals surface area contributed by atoms with Gasteiger partial charge in [-0.2, -0.15) is 5.26 Å². The minimum atomic E-state index is 0.505. The van der Waals surface area contributed by atoms with E-state index >= 15 is 0 Å². The summed E-state index contributed by atoms with van der Waals surface area (Å²) >= 11 is 1.66. The lowest BCUT2D eigenvalue weighted by molar-refractivity contribution is 0.360. The van der Waals surface area contributed by atoms with Crippen LogP contribution < -0.4 is 4.74 Å². The molecule has 0 saturated heterocycles. The number of ether oxygens (including phenoxy) is 1. The Hall–Kier alpha value is -1.40. The highest BCUT2D eigenvalue weighted by atomic mass is 32.2. The Morgan fingerprint density at radius 3 is 2.94 bits per heavy atom. The Kier molecular flexibility index (Phi) is 5.52. The molecule has 0 amide bonds. The molecule has 0 fully saturated rings. The van der Waals surface area contributed by atoms with Crippen molar-refractivity contribution in [3.63, 3.8) is 0 Å². The van der Waals surface area contributed by atoms with Crippen molar-refractivity contribution >= 4 is 11.8 Å². The van der Waals surface area contributed by atoms with Crippen molar-refractivity contribution in [3.8, 4) is 11.8 Å². The molecule has 0 N–H and O–H groups in total. The summed E-state index contributed by atoms with van der Waals surface area (Å²) in [6.45, 7) is 4.52. The van der Waals surface area contributed by atoms with Crippen molar-refractivity contribution < 1.29 is 4.74 Å². The maximum atomic E-state index is 9.12. The van der Waals surface area contributed by atoms with Gasteiger partial charge in [-0.25, -0.2) is 0 Å². The van der Waals surface area contributed by atoms with Crippen molar-refractivity contribution in [2.75, 3.05) is 12.4 Å². The quantitative estimate of drug-likeness (QED) is 0.575. The van der Waals surface area contributed by atoms with Crippen molar-refractivity contribution in [2.24, 2.45) is 0 Å². The molecule has 84 valence electrons. The molecule has 0 aliphatic carbocycles. The first-order chi connectivity index (χ1) is 7.83. The molecule has 1 rings (SSSR count). The Morgan fingerprint density at radius 2 is 2.31 bits per heavy atom. The van der Waals surface area contributed by atoms with Gasteiger partial charge in [-0.3, -0.25) is 0 Å². The van der Waals surface area contributed by atoms with Crippen LogP contribution in [0, 0.1) is 11.3 Å². The Morgan fingerprint density at radius 1 is 1.50 bits per heavy atom. The number of hydrogen-bond donors (Lipinski definition) is 0. The molecule has 0 spiro atoms. The number of nitrogens with zero attached hydrogens (tertiary/aromatic N) is 1. The van der Waals surface area contributed by atoms with Crippen molar-refractivity contribution in [1.29, 1.82) is 5.26 Å². The zero-order chi connectivity index (χ0) is 11.8. The molecular weight excluding hydrogens is 218 g/mol. The molecule has 0 atom stereocenters. The number of hydrogen-bond acceptors (Lipinski definition) is 3. The molecule has 0 aliphatic rings. The molecule has 0 radical (unpaired) electrons. The van der Waals surface area contributed by atoms with E-state index in [1.54, 1.807) is 11.8 Å². The van der Waals surface area contributed by atoms with Crippen LogP contribution in [0.4, 0.5) is 0 Å². The first kappa shape index (κ1) is 12.7. The largest absolute Gasteiger partial charge is 0.488 e. The van der Waals surface area contributed by atoms with E-state index in [-0.39, 0.29) is 0 Å². The fourth-order valence-corrected chi connectivity index (χ4v) is 2.03. The number of benzene rings is 1. The van der Waals surface area contributed by atoms with Crippen molar-refractivity contribution in [2.45, 2.75) is 18.7 Å². The van der Waals surface area contributed by atoms with Crippen LogP contribution in [0.15, 0.2) is 35.2 Å². The zero-order valence-electron chi connectivity index (χ0n) is 9.56. The first-order valence-corrected chi connectivity index (χ1v) is 6.21. The smallest absolute Gasteiger partial charge is 0.138 e. The topological polar surface area (TPSA) is 33.0 Å². The van der Waals surface area contributed by atoms with E-state index in [1.165, 1.54) is 0 Å². The standard InChI is InChI=1S/C13H15NOS/c1-3-5-9-15-12-7-6-8-13(16-4-2)11(12)10-14/h3,5-8H,4,9H2,1-2H3/b5-3+. The summed E-state index contributed by atoms with van der Waals surface area (Å²) in [5.41, 5.74) is 0.638. The number of allylic oxidation sites excluding steroid dienone is 1. The molecule has 0 bridgehead atoms. The molecule has 0 aliphatic heterocycles. The highest BCUT2D eigenvalue weighted by molar-refractivity contribution is 7.99. The second-order valence-electron chi connectivity index (χ2n) is 3.05. The van der Waals surface area contributed by atoms with E-state index < -0.39 is 0 Å². The van der Waals surface area contributed by atoms with Gasteiger partial charge in [0.15, 0.2) is 0 Å². The maximum absolute atomic E-state index is 9.12. The lowest BCUT2D eigenvalue weighted by Gasteiger charge is -2.08. The Bertz CT molecular complexity index is 407. The highest BCUT2D eigenvalue weighted by Crippen LogP contribution is 2.29. The van der Waals surface area contributed by atoms with Crippen LogP contribution in [0.25, 0.3) is 0 Å². The number of nitriles is 1. The third-order valence-electron chi connectivity index (χ3n) is 1.97. The summed E-state index contributed by atoms with van der Waals surface area (Å²) in [5, 5.41) is 9.12. The van der Waals surface area contributed by atoms with Crippen LogP contribution >= 0.6 is 11.8 Å². The predicted molar refractivity (Wildman–Crippen MR) is 67.9 cm³/mol. The van der Waals surface area contributed by atoms with Crippen LogP contribution in [0.3, 0.4) is 0 Å². The third kappa shape index (κ3) is 3.32. The summed E-state index contributed by atoms with van der Waals surface area (Å²) in [7, 11) is 0. The molecule has 1 aromatic carbocycles. The molecule has 0 aromatic heterocycles. The fraction of sp³-hybridized carbons (Fsp3) is 0.308. The average Bonchev–Trinajstić information content (AvgIpc) is 2.30. The van der Waals surface area contributed by atoms with E-state index in [4.69, 9.17) is 10.00 Å². The van der Waals surface area contributed by atoms with E-state index in [2.05, 4.69) is 13.0 Å². The van der Waals surface area contributed by atoms with E-state index in [0.717, 1.165) is 10.6 Å².